The van der Waals surface area contributed by atoms with Crippen LogP contribution >= 0.6 is 22.9 Å². The van der Waals surface area contributed by atoms with Gasteiger partial charge in [-0.3, -0.25) is 4.79 Å². The van der Waals surface area contributed by atoms with Gasteiger partial charge in [-0.1, -0.05) is 17.7 Å². The number of rotatable bonds is 5. The topological polar surface area (TPSA) is 64.1 Å². The Balaban J connectivity index is 1.39. The second-order valence-corrected chi connectivity index (χ2v) is 7.50. The van der Waals surface area contributed by atoms with Gasteiger partial charge in [0.1, 0.15) is 18.2 Å². The number of hydrogen-bond acceptors (Lipinski definition) is 5. The summed E-state index contributed by atoms with van der Waals surface area (Å²) in [6, 6.07) is 7.80. The first-order valence-corrected chi connectivity index (χ1v) is 9.68. The first kappa shape index (κ1) is 17.7. The van der Waals surface area contributed by atoms with E-state index >= 15 is 0 Å². The summed E-state index contributed by atoms with van der Waals surface area (Å²) in [5.74, 6) is 0.543. The van der Waals surface area contributed by atoms with Gasteiger partial charge in [-0.25, -0.2) is 9.97 Å². The molecule has 27 heavy (non-hydrogen) atoms. The highest BCUT2D eigenvalue weighted by Gasteiger charge is 2.26. The van der Waals surface area contributed by atoms with Crippen molar-refractivity contribution in [1.29, 1.82) is 0 Å². The summed E-state index contributed by atoms with van der Waals surface area (Å²) in [6.45, 7) is 0.419. The molecule has 1 aliphatic heterocycles. The first-order chi connectivity index (χ1) is 13.2. The lowest BCUT2D eigenvalue weighted by atomic mass is 10.0. The van der Waals surface area contributed by atoms with E-state index in [9.17, 15) is 4.79 Å². The number of carbonyl (C=O) groups excluding carboxylic acids is 1. The summed E-state index contributed by atoms with van der Waals surface area (Å²) in [5, 5.41) is 5.40. The Morgan fingerprint density at radius 2 is 2.19 bits per heavy atom. The van der Waals surface area contributed by atoms with Crippen LogP contribution in [0.15, 0.2) is 54.4 Å². The average molecular weight is 398 g/mol. The van der Waals surface area contributed by atoms with Crippen LogP contribution in [-0.2, 0) is 11.2 Å². The summed E-state index contributed by atoms with van der Waals surface area (Å²) in [5.41, 5.74) is 2.87. The number of nitrogens with one attached hydrogen (secondary N) is 1. The summed E-state index contributed by atoms with van der Waals surface area (Å²) < 4.78 is 5.93. The van der Waals surface area contributed by atoms with E-state index in [0.717, 1.165) is 21.6 Å². The van der Waals surface area contributed by atoms with E-state index < -0.39 is 0 Å². The Bertz CT molecular complexity index is 974. The molecule has 7 heteroatoms. The van der Waals surface area contributed by atoms with Crippen LogP contribution in [0.1, 0.15) is 10.4 Å². The van der Waals surface area contributed by atoms with Gasteiger partial charge in [0, 0.05) is 40.9 Å². The van der Waals surface area contributed by atoms with Gasteiger partial charge in [-0.15, -0.1) is 11.3 Å². The maximum atomic E-state index is 12.0. The van der Waals surface area contributed by atoms with Crippen LogP contribution < -0.4 is 10.1 Å². The maximum absolute atomic E-state index is 12.0. The van der Waals surface area contributed by atoms with Gasteiger partial charge in [-0.2, -0.15) is 0 Å². The van der Waals surface area contributed by atoms with Gasteiger partial charge in [0.05, 0.1) is 11.6 Å². The van der Waals surface area contributed by atoms with Crippen molar-refractivity contribution in [3.8, 4) is 16.9 Å². The number of hydrogen-bond donors (Lipinski definition) is 1. The molecule has 2 aromatic heterocycles. The normalized spacial score (nSPS) is 15.5. The van der Waals surface area contributed by atoms with Gasteiger partial charge in [0.2, 0.25) is 5.91 Å². The molecule has 0 saturated carbocycles. The standard InChI is InChI=1S/C20H16ClN3O2S/c21-18-8-13(15-9-22-12-23-10-15)6-14-7-16(26-20(14)18)11-24-19(25)4-3-17-2-1-5-27-17/h1-6,8-10,12,16H,7,11H2,(H,24,25)/b4-3+/t16-/m1/s1. The van der Waals surface area contributed by atoms with Gasteiger partial charge in [-0.05, 0) is 35.2 Å². The number of nitrogens with zero attached hydrogens (tertiary/aromatic N) is 2. The third kappa shape index (κ3) is 4.18. The largest absolute Gasteiger partial charge is 0.486 e. The minimum Gasteiger partial charge on any atom is -0.486 e. The van der Waals surface area contributed by atoms with Crippen LogP contribution in [0.2, 0.25) is 5.02 Å². The van der Waals surface area contributed by atoms with Crippen molar-refractivity contribution >= 4 is 34.9 Å². The van der Waals surface area contributed by atoms with E-state index in [0.29, 0.717) is 23.7 Å². The van der Waals surface area contributed by atoms with Gasteiger partial charge in [0.25, 0.3) is 0 Å². The lowest BCUT2D eigenvalue weighted by Crippen LogP contribution is -2.33. The van der Waals surface area contributed by atoms with Crippen LogP contribution in [0.3, 0.4) is 0 Å². The number of benzene rings is 1. The molecule has 3 aromatic rings. The third-order valence-corrected chi connectivity index (χ3v) is 5.31. The molecule has 0 unspecified atom stereocenters. The fourth-order valence-electron chi connectivity index (χ4n) is 2.93. The Morgan fingerprint density at radius 3 is 2.96 bits per heavy atom. The van der Waals surface area contributed by atoms with E-state index in [1.165, 1.54) is 12.4 Å². The average Bonchev–Trinajstić information content (AvgIpc) is 3.35. The van der Waals surface area contributed by atoms with Gasteiger partial charge in [0.15, 0.2) is 0 Å². The second-order valence-electron chi connectivity index (χ2n) is 6.11. The summed E-state index contributed by atoms with van der Waals surface area (Å²) in [7, 11) is 0. The van der Waals surface area contributed by atoms with Crippen LogP contribution in [0.4, 0.5) is 0 Å². The van der Waals surface area contributed by atoms with Crippen molar-refractivity contribution in [2.24, 2.45) is 0 Å². The van der Waals surface area contributed by atoms with E-state index in [1.807, 2.05) is 29.6 Å². The molecule has 1 aliphatic rings. The maximum Gasteiger partial charge on any atom is 0.244 e. The van der Waals surface area contributed by atoms with Crippen molar-refractivity contribution in [2.75, 3.05) is 6.54 Å². The van der Waals surface area contributed by atoms with E-state index in [-0.39, 0.29) is 12.0 Å². The van der Waals surface area contributed by atoms with E-state index in [4.69, 9.17) is 16.3 Å². The molecule has 0 spiro atoms. The molecule has 5 nitrogen and oxygen atoms in total. The van der Waals surface area contributed by atoms with Crippen LogP contribution in [0, 0.1) is 0 Å². The van der Waals surface area contributed by atoms with E-state index in [1.54, 1.807) is 29.8 Å². The molecule has 1 N–H and O–H groups in total. The number of ether oxygens (including phenoxy) is 1. The molecule has 1 amide bonds. The predicted octanol–water partition coefficient (Wildman–Crippen LogP) is 3.99. The number of amides is 1. The quantitative estimate of drug-likeness (QED) is 0.661. The molecule has 1 atom stereocenters. The van der Waals surface area contributed by atoms with Crippen LogP contribution in [-0.4, -0.2) is 28.5 Å². The number of fused-ring (bicyclic) bond motifs is 1. The Morgan fingerprint density at radius 1 is 1.33 bits per heavy atom. The number of aromatic nitrogens is 2. The Labute approximate surface area is 165 Å². The zero-order valence-corrected chi connectivity index (χ0v) is 15.8. The SMILES string of the molecule is O=C(/C=C/c1cccs1)NC[C@H]1Cc2cc(-c3cncnc3)cc(Cl)c2O1. The van der Waals surface area contributed by atoms with Crippen molar-refractivity contribution < 1.29 is 9.53 Å². The third-order valence-electron chi connectivity index (χ3n) is 4.19. The van der Waals surface area contributed by atoms with Crippen molar-refractivity contribution in [3.05, 3.63) is 69.9 Å². The highest BCUT2D eigenvalue weighted by molar-refractivity contribution is 7.10. The van der Waals surface area contributed by atoms with Gasteiger partial charge >= 0.3 is 0 Å². The molecule has 0 bridgehead atoms. The highest BCUT2D eigenvalue weighted by Crippen LogP contribution is 2.39. The zero-order chi connectivity index (χ0) is 18.6. The van der Waals surface area contributed by atoms with Crippen LogP contribution in [0.25, 0.3) is 17.2 Å². The van der Waals surface area contributed by atoms with Gasteiger partial charge < -0.3 is 10.1 Å². The molecule has 0 radical (unpaired) electrons. The summed E-state index contributed by atoms with van der Waals surface area (Å²) >= 11 is 7.98. The molecule has 0 fully saturated rings. The first-order valence-electron chi connectivity index (χ1n) is 8.43. The molecular weight excluding hydrogens is 382 g/mol. The highest BCUT2D eigenvalue weighted by atomic mass is 35.5. The summed E-state index contributed by atoms with van der Waals surface area (Å²) in [4.78, 5) is 21.1. The number of carbonyl (C=O) groups is 1. The Hall–Kier alpha value is -2.70. The molecule has 0 aliphatic carbocycles. The second kappa shape index (κ2) is 7.90. The van der Waals surface area contributed by atoms with E-state index in [2.05, 4.69) is 15.3 Å². The summed E-state index contributed by atoms with van der Waals surface area (Å²) in [6.07, 6.45) is 8.87. The van der Waals surface area contributed by atoms with Crippen molar-refractivity contribution in [2.45, 2.75) is 12.5 Å². The Kier molecular flexibility index (Phi) is 5.18. The number of halogens is 1. The molecule has 3 heterocycles. The molecule has 136 valence electrons. The molecule has 1 aromatic carbocycles. The molecule has 0 saturated heterocycles. The number of thiophene rings is 1. The fourth-order valence-corrected chi connectivity index (χ4v) is 3.84. The van der Waals surface area contributed by atoms with Crippen molar-refractivity contribution in [3.63, 3.8) is 0 Å². The fraction of sp³-hybridized carbons (Fsp3) is 0.150. The lowest BCUT2D eigenvalue weighted by Gasteiger charge is -2.11. The molecular formula is C20H16ClN3O2S. The lowest BCUT2D eigenvalue weighted by molar-refractivity contribution is -0.116. The predicted molar refractivity (Wildman–Crippen MR) is 107 cm³/mol. The minimum atomic E-state index is -0.142. The monoisotopic (exact) mass is 397 g/mol. The smallest absolute Gasteiger partial charge is 0.244 e. The zero-order valence-electron chi connectivity index (χ0n) is 14.3. The van der Waals surface area contributed by atoms with Crippen LogP contribution in [0.5, 0.6) is 5.75 Å². The molecule has 4 rings (SSSR count). The minimum absolute atomic E-state index is 0.140. The van der Waals surface area contributed by atoms with Crippen molar-refractivity contribution in [1.82, 2.24) is 15.3 Å².